The van der Waals surface area contributed by atoms with Gasteiger partial charge in [-0.15, -0.1) is 11.3 Å². The number of aromatic nitrogens is 2. The molecule has 0 spiro atoms. The maximum atomic E-state index is 14.1. The summed E-state index contributed by atoms with van der Waals surface area (Å²) < 4.78 is 5.06. The van der Waals surface area contributed by atoms with E-state index in [4.69, 9.17) is 0 Å². The molecule has 0 radical (unpaired) electrons. The summed E-state index contributed by atoms with van der Waals surface area (Å²) in [5, 5.41) is 9.81. The predicted molar refractivity (Wildman–Crippen MR) is 177 cm³/mol. The molecule has 0 amide bonds. The van der Waals surface area contributed by atoms with Gasteiger partial charge in [-0.2, -0.15) is 0 Å². The molecule has 10 rings (SSSR count). The first-order chi connectivity index (χ1) is 21.0. The van der Waals surface area contributed by atoms with Gasteiger partial charge < -0.3 is 0 Å². The van der Waals surface area contributed by atoms with Crippen LogP contribution in [0.3, 0.4) is 0 Å². The van der Waals surface area contributed by atoms with Crippen LogP contribution in [-0.2, 0) is 0 Å². The van der Waals surface area contributed by atoms with Gasteiger partial charge >= 0.3 is 0 Å². The maximum Gasteiger partial charge on any atom is 0.261 e. The molecule has 0 saturated heterocycles. The third-order valence-corrected chi connectivity index (χ3v) is 12.0. The fourth-order valence-electron chi connectivity index (χ4n) is 9.05. The van der Waals surface area contributed by atoms with E-state index in [-0.39, 0.29) is 34.3 Å². The average Bonchev–Trinajstić information content (AvgIpc) is 3.42. The van der Waals surface area contributed by atoms with Gasteiger partial charge in [-0.3, -0.25) is 28.3 Å². The van der Waals surface area contributed by atoms with Gasteiger partial charge in [0.2, 0.25) is 0 Å². The Morgan fingerprint density at radius 2 is 0.814 bits per heavy atom. The number of hydrogen-bond acceptors (Lipinski definition) is 5. The lowest BCUT2D eigenvalue weighted by molar-refractivity contribution is 0.342. The minimum Gasteiger partial charge on any atom is -0.271 e. The van der Waals surface area contributed by atoms with Crippen LogP contribution in [0.2, 0.25) is 0 Å². The van der Waals surface area contributed by atoms with Gasteiger partial charge in [0, 0.05) is 64.6 Å². The zero-order valence-electron chi connectivity index (χ0n) is 23.6. The Morgan fingerprint density at radius 3 is 1.23 bits per heavy atom. The van der Waals surface area contributed by atoms with Crippen molar-refractivity contribution in [1.82, 2.24) is 9.13 Å². The molecule has 7 heteroatoms. The zero-order chi connectivity index (χ0) is 28.7. The summed E-state index contributed by atoms with van der Waals surface area (Å²) in [6.07, 6.45) is 9.89. The standard InChI is InChI=1S/C36H28N2O4S/c39-33-21-13-11-19-20-12-14-22-28-24(36(42)38(34(22)40)18-9-5-2-6-10-18)16-26-32(30(20)28)31-25(43-26)15-23(27(21)29(19)31)35(41)37(33)17-7-3-1-4-8-17/h11-18H,1-10H2. The molecule has 0 unspecified atom stereocenters. The smallest absolute Gasteiger partial charge is 0.261 e. The molecule has 6 nitrogen and oxygen atoms in total. The van der Waals surface area contributed by atoms with Crippen LogP contribution >= 0.6 is 11.3 Å². The van der Waals surface area contributed by atoms with E-state index >= 15 is 0 Å². The molecule has 0 aliphatic heterocycles. The highest BCUT2D eigenvalue weighted by Gasteiger charge is 2.29. The SMILES string of the molecule is O=c1c2ccc3c4ccc5c(=O)n(C6CCCCC6)c(=O)c6cc7sc8cc(c(=O)n1C1CCCCC1)c2c3c8c7c4c56. The van der Waals surface area contributed by atoms with Crippen LogP contribution in [-0.4, -0.2) is 9.13 Å². The quantitative estimate of drug-likeness (QED) is 0.155. The molecule has 212 valence electrons. The second-order valence-electron chi connectivity index (χ2n) is 13.1. The molecular formula is C36H28N2O4S. The van der Waals surface area contributed by atoms with E-state index in [2.05, 4.69) is 0 Å². The number of rotatable bonds is 2. The van der Waals surface area contributed by atoms with E-state index in [1.807, 2.05) is 36.4 Å². The van der Waals surface area contributed by atoms with Crippen molar-refractivity contribution >= 4 is 85.4 Å². The second-order valence-corrected chi connectivity index (χ2v) is 14.1. The topological polar surface area (TPSA) is 78.1 Å². The third kappa shape index (κ3) is 2.89. The van der Waals surface area contributed by atoms with Gasteiger partial charge in [0.1, 0.15) is 0 Å². The third-order valence-electron chi connectivity index (χ3n) is 10.9. The minimum atomic E-state index is -0.185. The van der Waals surface area contributed by atoms with E-state index in [1.165, 1.54) is 0 Å². The Bertz CT molecular complexity index is 2490. The molecule has 0 N–H and O–H groups in total. The summed E-state index contributed by atoms with van der Waals surface area (Å²) in [4.78, 5) is 56.2. The van der Waals surface area contributed by atoms with E-state index < -0.39 is 0 Å². The Labute approximate surface area is 248 Å². The first-order valence-electron chi connectivity index (χ1n) is 15.7. The Balaban J connectivity index is 1.40. The van der Waals surface area contributed by atoms with Gasteiger partial charge in [0.15, 0.2) is 0 Å². The molecule has 3 aromatic heterocycles. The fraction of sp³-hybridized carbons (Fsp3) is 0.333. The summed E-state index contributed by atoms with van der Waals surface area (Å²) in [5.41, 5.74) is -0.738. The molecule has 2 aliphatic rings. The number of thiophene rings is 1. The summed E-state index contributed by atoms with van der Waals surface area (Å²) in [7, 11) is 0. The maximum absolute atomic E-state index is 14.1. The number of nitrogens with zero attached hydrogens (tertiary/aromatic N) is 2. The van der Waals surface area contributed by atoms with Crippen molar-refractivity contribution in [3.8, 4) is 0 Å². The van der Waals surface area contributed by atoms with Crippen LogP contribution in [0.1, 0.15) is 76.3 Å². The van der Waals surface area contributed by atoms with Gasteiger partial charge in [-0.05, 0) is 60.7 Å². The van der Waals surface area contributed by atoms with Crippen LogP contribution in [0.5, 0.6) is 0 Å². The van der Waals surface area contributed by atoms with Gasteiger partial charge in [-0.25, -0.2) is 0 Å². The van der Waals surface area contributed by atoms with Crippen molar-refractivity contribution in [2.45, 2.75) is 76.3 Å². The highest BCUT2D eigenvalue weighted by atomic mass is 32.1. The molecule has 2 saturated carbocycles. The molecule has 2 aliphatic carbocycles. The van der Waals surface area contributed by atoms with E-state index in [0.29, 0.717) is 21.5 Å². The van der Waals surface area contributed by atoms with Crippen LogP contribution in [0.25, 0.3) is 74.0 Å². The van der Waals surface area contributed by atoms with Crippen molar-refractivity contribution in [2.24, 2.45) is 0 Å². The van der Waals surface area contributed by atoms with Gasteiger partial charge in [-0.1, -0.05) is 50.7 Å². The lowest BCUT2D eigenvalue weighted by atomic mass is 9.86. The predicted octanol–water partition coefficient (Wildman–Crippen LogP) is 7.63. The number of pyridine rings is 2. The molecule has 0 bridgehead atoms. The summed E-state index contributed by atoms with van der Waals surface area (Å²) in [6, 6.07) is 11.7. The molecule has 8 aromatic rings. The first kappa shape index (κ1) is 24.4. The van der Waals surface area contributed by atoms with Crippen molar-refractivity contribution in [3.63, 3.8) is 0 Å². The van der Waals surface area contributed by atoms with Gasteiger partial charge in [0.25, 0.3) is 22.2 Å². The van der Waals surface area contributed by atoms with Crippen LogP contribution in [0, 0.1) is 0 Å². The Morgan fingerprint density at radius 1 is 0.442 bits per heavy atom. The van der Waals surface area contributed by atoms with Gasteiger partial charge in [0.05, 0.1) is 10.8 Å². The zero-order valence-corrected chi connectivity index (χ0v) is 24.4. The summed E-state index contributed by atoms with van der Waals surface area (Å²) >= 11 is 1.60. The molecule has 43 heavy (non-hydrogen) atoms. The van der Waals surface area contributed by atoms with Crippen molar-refractivity contribution in [3.05, 3.63) is 77.8 Å². The van der Waals surface area contributed by atoms with E-state index in [0.717, 1.165) is 117 Å². The highest BCUT2D eigenvalue weighted by Crippen LogP contribution is 2.51. The lowest BCUT2D eigenvalue weighted by Gasteiger charge is -2.25. The molecule has 5 aromatic carbocycles. The van der Waals surface area contributed by atoms with Crippen LogP contribution in [0.15, 0.2) is 55.6 Å². The largest absolute Gasteiger partial charge is 0.271 e. The fourth-order valence-corrected chi connectivity index (χ4v) is 10.2. The molecule has 2 fully saturated rings. The number of fused-ring (bicyclic) bond motifs is 1. The number of benzene rings is 5. The van der Waals surface area contributed by atoms with Crippen molar-refractivity contribution in [1.29, 1.82) is 0 Å². The molecule has 0 atom stereocenters. The van der Waals surface area contributed by atoms with Crippen LogP contribution < -0.4 is 22.2 Å². The summed E-state index contributed by atoms with van der Waals surface area (Å²) in [6.45, 7) is 0. The van der Waals surface area contributed by atoms with E-state index in [9.17, 15) is 19.2 Å². The minimum absolute atomic E-state index is 0.0544. The second kappa shape index (κ2) is 8.29. The number of hydrogen-bond donors (Lipinski definition) is 0. The Kier molecular flexibility index (Phi) is 4.69. The molecular weight excluding hydrogens is 556 g/mol. The van der Waals surface area contributed by atoms with Crippen molar-refractivity contribution < 1.29 is 0 Å². The monoisotopic (exact) mass is 584 g/mol. The van der Waals surface area contributed by atoms with Crippen molar-refractivity contribution in [2.75, 3.05) is 0 Å². The summed E-state index contributed by atoms with van der Waals surface area (Å²) in [5.74, 6) is 0. The average molecular weight is 585 g/mol. The highest BCUT2D eigenvalue weighted by molar-refractivity contribution is 7.26. The molecule has 3 heterocycles. The van der Waals surface area contributed by atoms with Crippen LogP contribution in [0.4, 0.5) is 0 Å². The first-order valence-corrected chi connectivity index (χ1v) is 16.6. The normalized spacial score (nSPS) is 18.0. The van der Waals surface area contributed by atoms with E-state index in [1.54, 1.807) is 20.5 Å². The lowest BCUT2D eigenvalue weighted by Crippen LogP contribution is -2.37. The Hall–Kier alpha value is -4.10.